The highest BCUT2D eigenvalue weighted by molar-refractivity contribution is 7.99. The van der Waals surface area contributed by atoms with Gasteiger partial charge >= 0.3 is 5.97 Å². The monoisotopic (exact) mass is 314 g/mol. The van der Waals surface area contributed by atoms with Gasteiger partial charge in [-0.15, -0.1) is 23.1 Å². The van der Waals surface area contributed by atoms with Gasteiger partial charge in [-0.1, -0.05) is 0 Å². The Labute approximate surface area is 124 Å². The van der Waals surface area contributed by atoms with E-state index in [0.29, 0.717) is 16.5 Å². The van der Waals surface area contributed by atoms with Crippen LogP contribution in [0.5, 0.6) is 0 Å². The number of hydrogen-bond acceptors (Lipinski definition) is 5. The summed E-state index contributed by atoms with van der Waals surface area (Å²) in [6, 6.07) is 2.73. The summed E-state index contributed by atoms with van der Waals surface area (Å²) in [5.74, 6) is -0.953. The molecule has 1 aliphatic heterocycles. The first-order valence-corrected chi connectivity index (χ1v) is 7.91. The summed E-state index contributed by atoms with van der Waals surface area (Å²) < 4.78 is 0. The van der Waals surface area contributed by atoms with Gasteiger partial charge in [0.15, 0.2) is 0 Å². The Bertz CT molecular complexity index is 543. The molecule has 1 atom stereocenters. The van der Waals surface area contributed by atoms with Crippen molar-refractivity contribution >= 4 is 40.9 Å². The summed E-state index contributed by atoms with van der Waals surface area (Å²) in [6.07, 6.45) is 0. The average Bonchev–Trinajstić information content (AvgIpc) is 3.03. The van der Waals surface area contributed by atoms with Crippen molar-refractivity contribution in [3.8, 4) is 0 Å². The molecule has 1 aromatic heterocycles. The van der Waals surface area contributed by atoms with E-state index >= 15 is 0 Å². The lowest BCUT2D eigenvalue weighted by molar-refractivity contribution is -0.147. The number of carboxylic acid groups (broad SMARTS) is 1. The molecule has 0 saturated carbocycles. The van der Waals surface area contributed by atoms with Gasteiger partial charge in [0.25, 0.3) is 5.91 Å². The van der Waals surface area contributed by atoms with E-state index in [1.807, 2.05) is 13.0 Å². The number of carboxylic acids is 1. The van der Waals surface area contributed by atoms with Crippen LogP contribution in [0.4, 0.5) is 0 Å². The fourth-order valence-corrected chi connectivity index (χ4v) is 3.75. The lowest BCUT2D eigenvalue weighted by Gasteiger charge is -2.20. The van der Waals surface area contributed by atoms with Gasteiger partial charge in [-0.3, -0.25) is 9.59 Å². The van der Waals surface area contributed by atoms with Crippen molar-refractivity contribution in [3.63, 3.8) is 0 Å². The summed E-state index contributed by atoms with van der Waals surface area (Å²) in [4.78, 5) is 37.6. The molecule has 8 heteroatoms. The molecule has 0 radical (unpaired) electrons. The molecule has 1 fully saturated rings. The van der Waals surface area contributed by atoms with E-state index in [1.54, 1.807) is 6.07 Å². The molecule has 2 amide bonds. The van der Waals surface area contributed by atoms with Crippen LogP contribution in [-0.2, 0) is 9.59 Å². The van der Waals surface area contributed by atoms with E-state index < -0.39 is 12.0 Å². The quantitative estimate of drug-likeness (QED) is 0.857. The molecule has 0 aromatic carbocycles. The van der Waals surface area contributed by atoms with E-state index in [9.17, 15) is 14.4 Å². The maximum absolute atomic E-state index is 11.9. The minimum absolute atomic E-state index is 0.180. The maximum Gasteiger partial charge on any atom is 0.327 e. The second-order valence-corrected chi connectivity index (χ2v) is 6.60. The molecule has 108 valence electrons. The summed E-state index contributed by atoms with van der Waals surface area (Å²) in [7, 11) is 0. The molecule has 1 aromatic rings. The van der Waals surface area contributed by atoms with Crippen molar-refractivity contribution in [2.75, 3.05) is 18.2 Å². The molecule has 0 aliphatic carbocycles. The van der Waals surface area contributed by atoms with Crippen molar-refractivity contribution in [3.05, 3.63) is 21.9 Å². The normalized spacial score (nSPS) is 18.1. The fraction of sp³-hybridized carbons (Fsp3) is 0.417. The van der Waals surface area contributed by atoms with Gasteiger partial charge in [-0.2, -0.15) is 0 Å². The van der Waals surface area contributed by atoms with Crippen molar-refractivity contribution in [2.24, 2.45) is 0 Å². The predicted molar refractivity (Wildman–Crippen MR) is 77.0 cm³/mol. The van der Waals surface area contributed by atoms with Crippen LogP contribution in [0.1, 0.15) is 14.5 Å². The largest absolute Gasteiger partial charge is 0.480 e. The smallest absolute Gasteiger partial charge is 0.327 e. The minimum atomic E-state index is -1.01. The molecule has 1 aliphatic rings. The number of nitrogens with zero attached hydrogens (tertiary/aromatic N) is 1. The van der Waals surface area contributed by atoms with Crippen LogP contribution in [0.25, 0.3) is 0 Å². The molecule has 1 saturated heterocycles. The van der Waals surface area contributed by atoms with Gasteiger partial charge in [0.2, 0.25) is 5.91 Å². The van der Waals surface area contributed by atoms with Gasteiger partial charge in [-0.05, 0) is 19.1 Å². The van der Waals surface area contributed by atoms with Crippen molar-refractivity contribution in [1.29, 1.82) is 0 Å². The number of nitrogens with one attached hydrogen (secondary N) is 1. The van der Waals surface area contributed by atoms with Gasteiger partial charge in [0, 0.05) is 10.6 Å². The van der Waals surface area contributed by atoms with Gasteiger partial charge < -0.3 is 15.3 Å². The van der Waals surface area contributed by atoms with Crippen molar-refractivity contribution < 1.29 is 19.5 Å². The second kappa shape index (κ2) is 6.27. The summed E-state index contributed by atoms with van der Waals surface area (Å²) in [5.41, 5.74) is 0. The summed E-state index contributed by atoms with van der Waals surface area (Å²) in [6.45, 7) is 1.71. The number of carbonyl (C=O) groups excluding carboxylic acids is 2. The van der Waals surface area contributed by atoms with Crippen molar-refractivity contribution in [2.45, 2.75) is 13.0 Å². The molecule has 2 heterocycles. The summed E-state index contributed by atoms with van der Waals surface area (Å²) >= 11 is 2.74. The molecule has 2 rings (SSSR count). The highest BCUT2D eigenvalue weighted by Gasteiger charge is 2.34. The van der Waals surface area contributed by atoms with Crippen LogP contribution < -0.4 is 5.32 Å². The zero-order chi connectivity index (χ0) is 14.7. The van der Waals surface area contributed by atoms with Gasteiger partial charge in [-0.25, -0.2) is 4.79 Å². The zero-order valence-corrected chi connectivity index (χ0v) is 12.4. The lowest BCUT2D eigenvalue weighted by atomic mass is 10.3. The highest BCUT2D eigenvalue weighted by atomic mass is 32.2. The molecule has 20 heavy (non-hydrogen) atoms. The fourth-order valence-electron chi connectivity index (χ4n) is 1.79. The Morgan fingerprint density at radius 3 is 2.80 bits per heavy atom. The molecular formula is C12H14N2O4S2. The summed E-state index contributed by atoms with van der Waals surface area (Å²) in [5, 5.41) is 11.5. The third kappa shape index (κ3) is 3.31. The number of aliphatic carboxylic acids is 1. The zero-order valence-electron chi connectivity index (χ0n) is 10.8. The molecule has 0 spiro atoms. The molecule has 2 N–H and O–H groups in total. The molecule has 6 nitrogen and oxygen atoms in total. The second-order valence-electron chi connectivity index (χ2n) is 4.31. The van der Waals surface area contributed by atoms with Crippen LogP contribution in [0.15, 0.2) is 12.1 Å². The van der Waals surface area contributed by atoms with Crippen LogP contribution in [0, 0.1) is 6.92 Å². The first-order valence-electron chi connectivity index (χ1n) is 5.93. The van der Waals surface area contributed by atoms with Crippen LogP contribution in [0.2, 0.25) is 0 Å². The maximum atomic E-state index is 11.9. The van der Waals surface area contributed by atoms with Crippen molar-refractivity contribution in [1.82, 2.24) is 10.2 Å². The van der Waals surface area contributed by atoms with E-state index in [-0.39, 0.29) is 18.4 Å². The Balaban J connectivity index is 1.89. The molecule has 0 bridgehead atoms. The number of hydrogen-bond donors (Lipinski definition) is 2. The first kappa shape index (κ1) is 14.9. The minimum Gasteiger partial charge on any atom is -0.480 e. The number of rotatable bonds is 4. The number of thioether (sulfide) groups is 1. The predicted octanol–water partition coefficient (Wildman–Crippen LogP) is 0.772. The lowest BCUT2D eigenvalue weighted by Crippen LogP contribution is -2.46. The Kier molecular flexibility index (Phi) is 4.66. The number of thiophene rings is 1. The van der Waals surface area contributed by atoms with E-state index in [2.05, 4.69) is 5.32 Å². The standard InChI is InChI=1S/C12H14N2O4S2/c1-7-2-3-9(20-7)11(16)13-4-10(15)14-6-19-5-8(14)12(17)18/h2-3,8H,4-6H2,1H3,(H,13,16)(H,17,18). The number of amides is 2. The third-order valence-electron chi connectivity index (χ3n) is 2.85. The molecular weight excluding hydrogens is 300 g/mol. The van der Waals surface area contributed by atoms with E-state index in [0.717, 1.165) is 4.88 Å². The Morgan fingerprint density at radius 1 is 1.45 bits per heavy atom. The highest BCUT2D eigenvalue weighted by Crippen LogP contribution is 2.21. The Morgan fingerprint density at radius 2 is 2.20 bits per heavy atom. The van der Waals surface area contributed by atoms with Crippen LogP contribution in [0.3, 0.4) is 0 Å². The Hall–Kier alpha value is -1.54. The van der Waals surface area contributed by atoms with E-state index in [4.69, 9.17) is 5.11 Å². The van der Waals surface area contributed by atoms with Gasteiger partial charge in [0.1, 0.15) is 6.04 Å². The number of carbonyl (C=O) groups is 3. The van der Waals surface area contributed by atoms with E-state index in [1.165, 1.54) is 28.0 Å². The van der Waals surface area contributed by atoms with Crippen LogP contribution in [-0.4, -0.2) is 52.0 Å². The number of aryl methyl sites for hydroxylation is 1. The van der Waals surface area contributed by atoms with Crippen LogP contribution >= 0.6 is 23.1 Å². The first-order chi connectivity index (χ1) is 9.49. The third-order valence-corrected chi connectivity index (χ3v) is 4.86. The topological polar surface area (TPSA) is 86.7 Å². The molecule has 1 unspecified atom stereocenters. The SMILES string of the molecule is Cc1ccc(C(=O)NCC(=O)N2CSCC2C(=O)O)s1. The van der Waals surface area contributed by atoms with Gasteiger partial charge in [0.05, 0.1) is 17.3 Å². The average molecular weight is 314 g/mol.